The van der Waals surface area contributed by atoms with Gasteiger partial charge < -0.3 is 15.5 Å². The van der Waals surface area contributed by atoms with Crippen molar-refractivity contribution in [2.24, 2.45) is 23.7 Å². The van der Waals surface area contributed by atoms with Gasteiger partial charge in [-0.15, -0.1) is 24.0 Å². The summed E-state index contributed by atoms with van der Waals surface area (Å²) in [4.78, 5) is 20.8. The van der Waals surface area contributed by atoms with Crippen LogP contribution in [0.25, 0.3) is 0 Å². The minimum absolute atomic E-state index is 0. The highest BCUT2D eigenvalue weighted by atomic mass is 127. The number of hydrogen-bond acceptors (Lipinski definition) is 4. The molecule has 7 nitrogen and oxygen atoms in total. The van der Waals surface area contributed by atoms with Crippen LogP contribution in [0.4, 0.5) is 0 Å². The predicted octanol–water partition coefficient (Wildman–Crippen LogP) is 1.23. The van der Waals surface area contributed by atoms with Crippen molar-refractivity contribution in [3.8, 4) is 0 Å². The molecule has 2 fully saturated rings. The summed E-state index contributed by atoms with van der Waals surface area (Å²) < 4.78 is 1.85. The molecule has 2 atom stereocenters. The Kier molecular flexibility index (Phi) is 7.01. The summed E-state index contributed by atoms with van der Waals surface area (Å²) in [5.74, 6) is 3.11. The van der Waals surface area contributed by atoms with Crippen LogP contribution in [0.1, 0.15) is 23.7 Å². The number of aromatic nitrogens is 2. The topological polar surface area (TPSA) is 79.8 Å². The maximum Gasteiger partial charge on any atom is 0.223 e. The van der Waals surface area contributed by atoms with E-state index >= 15 is 0 Å². The molecule has 0 aliphatic carbocycles. The average molecular weight is 478 g/mol. The van der Waals surface area contributed by atoms with E-state index in [1.807, 2.05) is 48.6 Å². The van der Waals surface area contributed by atoms with Crippen LogP contribution in [-0.4, -0.2) is 69.6 Å². The zero-order valence-corrected chi connectivity index (χ0v) is 18.2. The van der Waals surface area contributed by atoms with Crippen LogP contribution in [0.5, 0.6) is 0 Å². The smallest absolute Gasteiger partial charge is 0.223 e. The molecule has 1 aromatic heterocycles. The number of halogens is 1. The number of amides is 1. The molecule has 1 amide bonds. The maximum absolute atomic E-state index is 12.2. The number of nitrogens with zero attached hydrogens (tertiary/aromatic N) is 5. The lowest BCUT2D eigenvalue weighted by molar-refractivity contribution is -0.127. The van der Waals surface area contributed by atoms with Crippen LogP contribution >= 0.6 is 35.7 Å². The number of guanidine groups is 1. The van der Waals surface area contributed by atoms with Gasteiger partial charge in [-0.2, -0.15) is 16.9 Å². The first-order valence-electron chi connectivity index (χ1n) is 8.35. The monoisotopic (exact) mass is 478 g/mol. The van der Waals surface area contributed by atoms with Crippen LogP contribution < -0.4 is 5.73 Å². The van der Waals surface area contributed by atoms with Crippen LogP contribution in [0, 0.1) is 12.8 Å². The number of nitrogens with two attached hydrogens (primary N) is 1. The molecule has 1 aromatic rings. The summed E-state index contributed by atoms with van der Waals surface area (Å²) in [6.07, 6.45) is 2.39. The number of hydrogen-bond donors (Lipinski definition) is 1. The van der Waals surface area contributed by atoms with Crippen molar-refractivity contribution in [3.05, 3.63) is 17.5 Å². The Hall–Kier alpha value is -0.970. The Labute approximate surface area is 170 Å². The molecular formula is C16H27IN6OS. The lowest BCUT2D eigenvalue weighted by atomic mass is 9.94. The second-order valence-corrected chi connectivity index (χ2v) is 7.75. The number of aryl methyl sites for hydroxylation is 1. The van der Waals surface area contributed by atoms with Crippen molar-refractivity contribution < 1.29 is 4.79 Å². The van der Waals surface area contributed by atoms with E-state index in [-0.39, 0.29) is 41.8 Å². The Morgan fingerprint density at radius 2 is 2.08 bits per heavy atom. The van der Waals surface area contributed by atoms with Gasteiger partial charge in [0.15, 0.2) is 5.96 Å². The number of carbonyl (C=O) groups is 1. The highest BCUT2D eigenvalue weighted by molar-refractivity contribution is 14.0. The van der Waals surface area contributed by atoms with Crippen molar-refractivity contribution >= 4 is 47.6 Å². The summed E-state index contributed by atoms with van der Waals surface area (Å²) in [5.41, 5.74) is 8.37. The summed E-state index contributed by atoms with van der Waals surface area (Å²) in [6.45, 7) is 4.52. The molecule has 0 radical (unpaired) electrons. The van der Waals surface area contributed by atoms with Crippen LogP contribution in [0.15, 0.2) is 11.2 Å². The van der Waals surface area contributed by atoms with E-state index in [1.54, 1.807) is 0 Å². The van der Waals surface area contributed by atoms with Gasteiger partial charge in [0.25, 0.3) is 0 Å². The lowest BCUT2D eigenvalue weighted by Gasteiger charge is -2.28. The second kappa shape index (κ2) is 8.61. The number of aliphatic imine (C=N–C) groups is 1. The third-order valence-corrected chi connectivity index (χ3v) is 6.05. The molecule has 2 aliphatic rings. The Balaban J connectivity index is 0.00000225. The molecular weight excluding hydrogens is 451 g/mol. The van der Waals surface area contributed by atoms with Gasteiger partial charge in [-0.25, -0.2) is 0 Å². The van der Waals surface area contributed by atoms with Gasteiger partial charge in [-0.05, 0) is 6.92 Å². The van der Waals surface area contributed by atoms with E-state index in [4.69, 9.17) is 5.73 Å². The number of rotatable bonds is 3. The van der Waals surface area contributed by atoms with Crippen LogP contribution in [-0.2, 0) is 11.8 Å². The van der Waals surface area contributed by atoms with E-state index in [9.17, 15) is 4.79 Å². The van der Waals surface area contributed by atoms with Gasteiger partial charge in [0.05, 0.1) is 12.2 Å². The Morgan fingerprint density at radius 3 is 2.68 bits per heavy atom. The standard InChI is InChI=1S/C16H26N6OS.HI/c1-11-13(10-19-21(11)3)15-12(8-14(23)20(15)2)9-18-16(17)22-4-6-24-7-5-22;/h10,12,15H,4-9H2,1-3H3,(H2,17,18);1H/t12-,15+;/m0./s1. The fourth-order valence-electron chi connectivity index (χ4n) is 3.49. The van der Waals surface area contributed by atoms with Gasteiger partial charge in [-0.1, -0.05) is 0 Å². The van der Waals surface area contributed by atoms with Gasteiger partial charge >= 0.3 is 0 Å². The third kappa shape index (κ3) is 4.24. The summed E-state index contributed by atoms with van der Waals surface area (Å²) in [5, 5.41) is 4.33. The molecule has 3 heterocycles. The zero-order valence-electron chi connectivity index (χ0n) is 15.0. The molecule has 0 unspecified atom stereocenters. The van der Waals surface area contributed by atoms with Gasteiger partial charge in [0.2, 0.25) is 5.91 Å². The normalized spacial score (nSPS) is 24.6. The molecule has 0 bridgehead atoms. The van der Waals surface area contributed by atoms with Crippen molar-refractivity contribution in [3.63, 3.8) is 0 Å². The number of thioether (sulfide) groups is 1. The van der Waals surface area contributed by atoms with E-state index in [2.05, 4.69) is 15.0 Å². The molecule has 2 saturated heterocycles. The molecule has 2 N–H and O–H groups in total. The molecule has 0 spiro atoms. The summed E-state index contributed by atoms with van der Waals surface area (Å²) >= 11 is 1.95. The predicted molar refractivity (Wildman–Crippen MR) is 112 cm³/mol. The highest BCUT2D eigenvalue weighted by Crippen LogP contribution is 2.38. The Morgan fingerprint density at radius 1 is 1.40 bits per heavy atom. The number of carbonyl (C=O) groups excluding carboxylic acids is 1. The quantitative estimate of drug-likeness (QED) is 0.402. The Bertz CT molecular complexity index is 643. The van der Waals surface area contributed by atoms with Crippen LogP contribution in [0.3, 0.4) is 0 Å². The van der Waals surface area contributed by atoms with Gasteiger partial charge in [-0.3, -0.25) is 14.5 Å². The fourth-order valence-corrected chi connectivity index (χ4v) is 4.39. The fraction of sp³-hybridized carbons (Fsp3) is 0.688. The molecule has 2 aliphatic heterocycles. The van der Waals surface area contributed by atoms with E-state index in [0.29, 0.717) is 18.9 Å². The maximum atomic E-state index is 12.2. The van der Waals surface area contributed by atoms with E-state index in [0.717, 1.165) is 35.9 Å². The zero-order chi connectivity index (χ0) is 17.3. The molecule has 0 saturated carbocycles. The lowest BCUT2D eigenvalue weighted by Crippen LogP contribution is -2.43. The second-order valence-electron chi connectivity index (χ2n) is 6.52. The summed E-state index contributed by atoms with van der Waals surface area (Å²) in [6, 6.07) is 0.0275. The van der Waals surface area contributed by atoms with E-state index in [1.165, 1.54) is 0 Å². The highest BCUT2D eigenvalue weighted by Gasteiger charge is 2.39. The van der Waals surface area contributed by atoms with Gasteiger partial charge in [0.1, 0.15) is 0 Å². The largest absolute Gasteiger partial charge is 0.370 e. The minimum Gasteiger partial charge on any atom is -0.370 e. The van der Waals surface area contributed by atoms with Crippen molar-refractivity contribution in [2.75, 3.05) is 38.2 Å². The molecule has 9 heteroatoms. The first-order chi connectivity index (χ1) is 11.5. The average Bonchev–Trinajstić information content (AvgIpc) is 3.06. The molecule has 3 rings (SSSR count). The SMILES string of the molecule is Cc1c([C@H]2[C@H](CN=C(N)N3CCSCC3)CC(=O)N2C)cnn1C.I. The third-order valence-electron chi connectivity index (χ3n) is 5.11. The van der Waals surface area contributed by atoms with Crippen molar-refractivity contribution in [1.82, 2.24) is 19.6 Å². The first kappa shape index (κ1) is 20.3. The minimum atomic E-state index is 0. The first-order valence-corrected chi connectivity index (χ1v) is 9.51. The van der Waals surface area contributed by atoms with E-state index < -0.39 is 0 Å². The number of likely N-dealkylation sites (tertiary alicyclic amines) is 1. The van der Waals surface area contributed by atoms with Crippen molar-refractivity contribution in [2.45, 2.75) is 19.4 Å². The molecule has 140 valence electrons. The molecule has 0 aromatic carbocycles. The van der Waals surface area contributed by atoms with Crippen molar-refractivity contribution in [1.29, 1.82) is 0 Å². The van der Waals surface area contributed by atoms with Crippen LogP contribution in [0.2, 0.25) is 0 Å². The molecule has 25 heavy (non-hydrogen) atoms. The van der Waals surface area contributed by atoms with Gasteiger partial charge in [0, 0.05) is 68.8 Å². The summed E-state index contributed by atoms with van der Waals surface area (Å²) in [7, 11) is 3.80.